The van der Waals surface area contributed by atoms with E-state index in [0.717, 1.165) is 22.7 Å². The molecule has 0 unspecified atom stereocenters. The molecular formula is C10H9ClN2S. The van der Waals surface area contributed by atoms with Gasteiger partial charge in [-0.15, -0.1) is 22.9 Å². The molecule has 0 aliphatic heterocycles. The van der Waals surface area contributed by atoms with Crippen molar-refractivity contribution in [1.29, 1.82) is 0 Å². The number of hydrogen-bond acceptors (Lipinski definition) is 3. The molecule has 72 valence electrons. The zero-order valence-corrected chi connectivity index (χ0v) is 9.05. The molecule has 2 nitrogen and oxygen atoms in total. The third kappa shape index (κ3) is 2.11. The van der Waals surface area contributed by atoms with Crippen LogP contribution in [0.25, 0.3) is 11.3 Å². The second-order valence-electron chi connectivity index (χ2n) is 2.80. The Morgan fingerprint density at radius 3 is 2.79 bits per heavy atom. The molecule has 0 spiro atoms. The highest BCUT2D eigenvalue weighted by Gasteiger charge is 2.02. The molecular weight excluding hydrogens is 216 g/mol. The number of halogens is 1. The lowest BCUT2D eigenvalue weighted by Crippen LogP contribution is -1.84. The standard InChI is InChI=1S/C10H9ClN2S/c11-4-1-10-13-9(7-14-10)8-2-5-12-6-3-8/h2-3,5-7H,1,4H2. The first kappa shape index (κ1) is 9.62. The summed E-state index contributed by atoms with van der Waals surface area (Å²) in [5.41, 5.74) is 2.12. The van der Waals surface area contributed by atoms with Gasteiger partial charge in [-0.3, -0.25) is 4.98 Å². The first-order valence-corrected chi connectivity index (χ1v) is 5.72. The summed E-state index contributed by atoms with van der Waals surface area (Å²) in [5, 5.41) is 3.14. The van der Waals surface area contributed by atoms with Gasteiger partial charge in [0.15, 0.2) is 0 Å². The van der Waals surface area contributed by atoms with Gasteiger partial charge in [0, 0.05) is 35.6 Å². The van der Waals surface area contributed by atoms with Gasteiger partial charge in [0.05, 0.1) is 10.7 Å². The number of thiazole rings is 1. The first-order valence-electron chi connectivity index (χ1n) is 4.31. The maximum absolute atomic E-state index is 5.65. The Kier molecular flexibility index (Phi) is 3.11. The van der Waals surface area contributed by atoms with Gasteiger partial charge in [0.2, 0.25) is 0 Å². The van der Waals surface area contributed by atoms with Crippen molar-refractivity contribution in [3.63, 3.8) is 0 Å². The van der Waals surface area contributed by atoms with Crippen LogP contribution in [0.4, 0.5) is 0 Å². The second kappa shape index (κ2) is 4.53. The van der Waals surface area contributed by atoms with Crippen LogP contribution < -0.4 is 0 Å². The third-order valence-corrected chi connectivity index (χ3v) is 2.93. The fourth-order valence-corrected chi connectivity index (χ4v) is 2.26. The van der Waals surface area contributed by atoms with E-state index in [9.17, 15) is 0 Å². The number of hydrogen-bond donors (Lipinski definition) is 0. The van der Waals surface area contributed by atoms with E-state index in [1.807, 2.05) is 12.1 Å². The average Bonchev–Trinajstić information content (AvgIpc) is 2.68. The lowest BCUT2D eigenvalue weighted by atomic mass is 10.2. The fraction of sp³-hybridized carbons (Fsp3) is 0.200. The van der Waals surface area contributed by atoms with Crippen LogP contribution in [-0.4, -0.2) is 15.8 Å². The summed E-state index contributed by atoms with van der Waals surface area (Å²) in [5.74, 6) is 0.628. The van der Waals surface area contributed by atoms with Gasteiger partial charge in [-0.05, 0) is 12.1 Å². The molecule has 0 bridgehead atoms. The van der Waals surface area contributed by atoms with E-state index in [2.05, 4.69) is 15.3 Å². The molecule has 0 radical (unpaired) electrons. The van der Waals surface area contributed by atoms with Gasteiger partial charge in [0.25, 0.3) is 0 Å². The molecule has 2 aromatic heterocycles. The minimum Gasteiger partial charge on any atom is -0.265 e. The van der Waals surface area contributed by atoms with Crippen LogP contribution in [0.1, 0.15) is 5.01 Å². The molecule has 0 aliphatic rings. The molecule has 0 N–H and O–H groups in total. The minimum absolute atomic E-state index is 0.628. The third-order valence-electron chi connectivity index (χ3n) is 1.84. The number of rotatable bonds is 3. The Labute approximate surface area is 91.6 Å². The zero-order chi connectivity index (χ0) is 9.80. The van der Waals surface area contributed by atoms with Crippen LogP contribution in [0.3, 0.4) is 0 Å². The molecule has 2 aromatic rings. The van der Waals surface area contributed by atoms with Crippen molar-refractivity contribution in [3.05, 3.63) is 34.9 Å². The molecule has 0 saturated carbocycles. The second-order valence-corrected chi connectivity index (χ2v) is 4.12. The molecule has 0 atom stereocenters. The quantitative estimate of drug-likeness (QED) is 0.750. The summed E-state index contributed by atoms with van der Waals surface area (Å²) in [7, 11) is 0. The monoisotopic (exact) mass is 224 g/mol. The van der Waals surface area contributed by atoms with Gasteiger partial charge in [-0.2, -0.15) is 0 Å². The molecule has 0 amide bonds. The van der Waals surface area contributed by atoms with Crippen molar-refractivity contribution < 1.29 is 0 Å². The SMILES string of the molecule is ClCCc1nc(-c2ccncc2)cs1. The van der Waals surface area contributed by atoms with Gasteiger partial charge in [0.1, 0.15) is 0 Å². The minimum atomic E-state index is 0.628. The summed E-state index contributed by atoms with van der Waals surface area (Å²) in [6.45, 7) is 0. The van der Waals surface area contributed by atoms with E-state index in [-0.39, 0.29) is 0 Å². The molecule has 0 aromatic carbocycles. The van der Waals surface area contributed by atoms with Crippen molar-refractivity contribution in [2.75, 3.05) is 5.88 Å². The predicted molar refractivity (Wildman–Crippen MR) is 59.8 cm³/mol. The van der Waals surface area contributed by atoms with E-state index < -0.39 is 0 Å². The Morgan fingerprint density at radius 1 is 1.29 bits per heavy atom. The Hall–Kier alpha value is -0.930. The molecule has 14 heavy (non-hydrogen) atoms. The van der Waals surface area contributed by atoms with Crippen LogP contribution in [0.2, 0.25) is 0 Å². The topological polar surface area (TPSA) is 25.8 Å². The Balaban J connectivity index is 2.25. The normalized spacial score (nSPS) is 10.4. The van der Waals surface area contributed by atoms with Crippen LogP contribution in [-0.2, 0) is 6.42 Å². The van der Waals surface area contributed by atoms with Gasteiger partial charge < -0.3 is 0 Å². The Bertz CT molecular complexity index is 400. The highest BCUT2D eigenvalue weighted by atomic mass is 35.5. The van der Waals surface area contributed by atoms with Crippen molar-refractivity contribution in [1.82, 2.24) is 9.97 Å². The summed E-state index contributed by atoms with van der Waals surface area (Å²) in [6, 6.07) is 3.92. The molecule has 0 fully saturated rings. The molecule has 2 rings (SSSR count). The van der Waals surface area contributed by atoms with E-state index in [1.54, 1.807) is 23.7 Å². The maximum Gasteiger partial charge on any atom is 0.0944 e. The van der Waals surface area contributed by atoms with E-state index >= 15 is 0 Å². The van der Waals surface area contributed by atoms with Crippen LogP contribution in [0.15, 0.2) is 29.9 Å². The summed E-state index contributed by atoms with van der Waals surface area (Å²) >= 11 is 7.30. The molecule has 2 heterocycles. The molecule has 4 heteroatoms. The highest BCUT2D eigenvalue weighted by Crippen LogP contribution is 2.21. The summed E-state index contributed by atoms with van der Waals surface area (Å²) in [6.07, 6.45) is 4.39. The molecule has 0 aliphatic carbocycles. The van der Waals surface area contributed by atoms with Crippen molar-refractivity contribution in [2.24, 2.45) is 0 Å². The van der Waals surface area contributed by atoms with Crippen LogP contribution >= 0.6 is 22.9 Å². The predicted octanol–water partition coefficient (Wildman–Crippen LogP) is 2.99. The van der Waals surface area contributed by atoms with Crippen LogP contribution in [0, 0.1) is 0 Å². The van der Waals surface area contributed by atoms with Crippen LogP contribution in [0.5, 0.6) is 0 Å². The number of alkyl halides is 1. The highest BCUT2D eigenvalue weighted by molar-refractivity contribution is 7.10. The number of nitrogens with zero attached hydrogens (tertiary/aromatic N) is 2. The van der Waals surface area contributed by atoms with Gasteiger partial charge in [-0.1, -0.05) is 0 Å². The maximum atomic E-state index is 5.65. The Morgan fingerprint density at radius 2 is 2.07 bits per heavy atom. The smallest absolute Gasteiger partial charge is 0.0944 e. The first-order chi connectivity index (χ1) is 6.90. The average molecular weight is 225 g/mol. The summed E-state index contributed by atoms with van der Waals surface area (Å²) < 4.78 is 0. The molecule has 0 saturated heterocycles. The fourth-order valence-electron chi connectivity index (χ4n) is 1.16. The van der Waals surface area contributed by atoms with Gasteiger partial charge >= 0.3 is 0 Å². The largest absolute Gasteiger partial charge is 0.265 e. The van der Waals surface area contributed by atoms with Crippen molar-refractivity contribution in [2.45, 2.75) is 6.42 Å². The number of aryl methyl sites for hydroxylation is 1. The zero-order valence-electron chi connectivity index (χ0n) is 7.48. The van der Waals surface area contributed by atoms with E-state index in [1.165, 1.54) is 0 Å². The van der Waals surface area contributed by atoms with E-state index in [0.29, 0.717) is 5.88 Å². The summed E-state index contributed by atoms with van der Waals surface area (Å²) in [4.78, 5) is 8.45. The number of pyridine rings is 1. The van der Waals surface area contributed by atoms with Crippen molar-refractivity contribution in [3.8, 4) is 11.3 Å². The van der Waals surface area contributed by atoms with Crippen molar-refractivity contribution >= 4 is 22.9 Å². The van der Waals surface area contributed by atoms with Gasteiger partial charge in [-0.25, -0.2) is 4.98 Å². The number of aromatic nitrogens is 2. The lowest BCUT2D eigenvalue weighted by molar-refractivity contribution is 1.10. The van der Waals surface area contributed by atoms with E-state index in [4.69, 9.17) is 11.6 Å². The lowest BCUT2D eigenvalue weighted by Gasteiger charge is -1.93.